The maximum atomic E-state index is 7.09. The van der Waals surface area contributed by atoms with Crippen LogP contribution < -0.4 is 20.3 Å². The summed E-state index contributed by atoms with van der Waals surface area (Å²) in [5.74, 6) is 2.23. The summed E-state index contributed by atoms with van der Waals surface area (Å²) < 4.78 is 7.09. The van der Waals surface area contributed by atoms with Crippen LogP contribution >= 0.6 is 0 Å². The third-order valence-electron chi connectivity index (χ3n) is 16.5. The molecule has 3 aliphatic heterocycles. The fourth-order valence-electron chi connectivity index (χ4n) is 13.2. The maximum absolute atomic E-state index is 7.09. The van der Waals surface area contributed by atoms with Crippen molar-refractivity contribution < 1.29 is 4.74 Å². The Morgan fingerprint density at radius 2 is 1.52 bits per heavy atom. The highest BCUT2D eigenvalue weighted by Gasteiger charge is 2.52. The van der Waals surface area contributed by atoms with Gasteiger partial charge in [0.15, 0.2) is 0 Å². The molecule has 0 amide bonds. The zero-order valence-electron chi connectivity index (χ0n) is 39.6. The van der Waals surface area contributed by atoms with E-state index in [0.717, 1.165) is 57.1 Å². The largest absolute Gasteiger partial charge is 0.485 e. The summed E-state index contributed by atoms with van der Waals surface area (Å²) in [6.45, 7) is 0. The quantitative estimate of drug-likeness (QED) is 0.172. The average molecular weight is 903 g/mol. The van der Waals surface area contributed by atoms with Crippen LogP contribution in [0.25, 0.3) is 16.7 Å². The molecule has 0 saturated carbocycles. The van der Waals surface area contributed by atoms with Crippen molar-refractivity contribution in [2.45, 2.75) is 93.8 Å². The van der Waals surface area contributed by atoms with Gasteiger partial charge < -0.3 is 9.64 Å². The number of para-hydroxylation sites is 2. The number of allylic oxidation sites excluding steroid dienone is 17. The van der Waals surface area contributed by atoms with Crippen molar-refractivity contribution in [3.8, 4) is 16.9 Å². The van der Waals surface area contributed by atoms with Gasteiger partial charge in [0.25, 0.3) is 0 Å². The highest BCUT2D eigenvalue weighted by Crippen LogP contribution is 2.60. The highest BCUT2D eigenvalue weighted by atomic mass is 16.5. The van der Waals surface area contributed by atoms with Gasteiger partial charge in [-0.3, -0.25) is 15.5 Å². The van der Waals surface area contributed by atoms with Crippen LogP contribution in [-0.4, -0.2) is 36.4 Å². The molecule has 9 aliphatic rings. The van der Waals surface area contributed by atoms with Crippen LogP contribution in [0.1, 0.15) is 91.6 Å². The van der Waals surface area contributed by atoms with Gasteiger partial charge in [-0.05, 0) is 162 Å². The van der Waals surface area contributed by atoms with Crippen LogP contribution in [0, 0.1) is 11.8 Å². The lowest BCUT2D eigenvalue weighted by molar-refractivity contribution is 0.0731. The summed E-state index contributed by atoms with van der Waals surface area (Å²) in [6, 6.07) is 34.5. The Labute approximate surface area is 408 Å². The van der Waals surface area contributed by atoms with E-state index in [9.17, 15) is 0 Å². The molecule has 3 heterocycles. The third-order valence-corrected chi connectivity index (χ3v) is 16.5. The van der Waals surface area contributed by atoms with Crippen molar-refractivity contribution in [3.63, 3.8) is 0 Å². The Bertz CT molecular complexity index is 3030. The fourth-order valence-corrected chi connectivity index (χ4v) is 13.2. The topological polar surface area (TPSA) is 39.8 Å². The second-order valence-electron chi connectivity index (χ2n) is 20.4. The van der Waals surface area contributed by atoms with Crippen LogP contribution in [0.5, 0.6) is 5.75 Å². The number of hydrogen-bond donors (Lipinski definition) is 2. The molecule has 0 spiro atoms. The summed E-state index contributed by atoms with van der Waals surface area (Å²) in [4.78, 5) is 5.12. The van der Waals surface area contributed by atoms with Crippen molar-refractivity contribution in [2.75, 3.05) is 11.9 Å². The van der Waals surface area contributed by atoms with Crippen LogP contribution in [0.2, 0.25) is 0 Å². The molecule has 4 aromatic carbocycles. The Morgan fingerprint density at radius 1 is 0.652 bits per heavy atom. The maximum Gasteiger partial charge on any atom is 0.125 e. The molecule has 69 heavy (non-hydrogen) atoms. The first-order valence-electron chi connectivity index (χ1n) is 25.8. The molecule has 9 atom stereocenters. The molecule has 1 fully saturated rings. The first-order chi connectivity index (χ1) is 34.1. The summed E-state index contributed by atoms with van der Waals surface area (Å²) >= 11 is 0. The monoisotopic (exact) mass is 902 g/mol. The van der Waals surface area contributed by atoms with Crippen LogP contribution in [-0.2, 0) is 0 Å². The van der Waals surface area contributed by atoms with E-state index in [2.05, 4.69) is 222 Å². The van der Waals surface area contributed by atoms with E-state index in [-0.39, 0.29) is 42.5 Å². The van der Waals surface area contributed by atoms with Crippen molar-refractivity contribution >= 4 is 16.9 Å². The summed E-state index contributed by atoms with van der Waals surface area (Å²) in [6.07, 6.45) is 48.9. The lowest BCUT2D eigenvalue weighted by Crippen LogP contribution is -2.64. The van der Waals surface area contributed by atoms with Crippen molar-refractivity contribution in [2.24, 2.45) is 11.8 Å². The minimum atomic E-state index is -0.105. The Morgan fingerprint density at radius 3 is 2.35 bits per heavy atom. The van der Waals surface area contributed by atoms with E-state index >= 15 is 0 Å². The molecular weight excluding hydrogens is 841 g/mol. The molecule has 1 saturated heterocycles. The van der Waals surface area contributed by atoms with E-state index in [4.69, 9.17) is 4.74 Å². The molecule has 9 unspecified atom stereocenters. The lowest BCUT2D eigenvalue weighted by atomic mass is 9.71. The third kappa shape index (κ3) is 7.67. The van der Waals surface area contributed by atoms with E-state index in [1.807, 2.05) is 0 Å². The van der Waals surface area contributed by atoms with E-state index in [1.54, 1.807) is 0 Å². The molecule has 5 nitrogen and oxygen atoms in total. The van der Waals surface area contributed by atoms with E-state index < -0.39 is 0 Å². The van der Waals surface area contributed by atoms with Crippen LogP contribution in [0.3, 0.4) is 0 Å². The number of benzene rings is 4. The standard InChI is InChI=1S/C64H62N4O/c1-67-63(45-26-13-5-14-27-45)65-62(44-24-11-4-12-25-44)66-64(67)54-41-46(49-39-47(42-20-7-2-8-21-42)38-48(40-49)43-22-9-3-10-23-43)34-35-51(54)52-31-19-33-57-60(52)61-58(69-57)37-36-56-59(61)53-30-17-18-32-55(53)68(56)50-28-15-6-16-29-50/h2,4,6-9,11,13,15-20,22-24,26-37,39-42,47,56,58-59,61-66H,3,5,10,12,14,21,25,38H2,1H3. The summed E-state index contributed by atoms with van der Waals surface area (Å²) in [7, 11) is 2.32. The molecule has 5 heteroatoms. The predicted molar refractivity (Wildman–Crippen MR) is 284 cm³/mol. The van der Waals surface area contributed by atoms with Gasteiger partial charge in [0.2, 0.25) is 0 Å². The van der Waals surface area contributed by atoms with Gasteiger partial charge >= 0.3 is 0 Å². The average Bonchev–Trinajstić information content (AvgIpc) is 3.98. The molecule has 2 N–H and O–H groups in total. The number of rotatable bonds is 8. The van der Waals surface area contributed by atoms with Gasteiger partial charge in [0.05, 0.1) is 24.5 Å². The van der Waals surface area contributed by atoms with Gasteiger partial charge in [-0.25, -0.2) is 0 Å². The Kier molecular flexibility index (Phi) is 11.2. The molecule has 0 aromatic heterocycles. The Hall–Kier alpha value is -6.50. The zero-order valence-corrected chi connectivity index (χ0v) is 39.6. The molecule has 344 valence electrons. The zero-order chi connectivity index (χ0) is 45.8. The second kappa shape index (κ2) is 18.1. The number of anilines is 2. The minimum absolute atomic E-state index is 0.00669. The Balaban J connectivity index is 0.984. The smallest absolute Gasteiger partial charge is 0.125 e. The van der Waals surface area contributed by atoms with Crippen LogP contribution in [0.15, 0.2) is 217 Å². The highest BCUT2D eigenvalue weighted by molar-refractivity contribution is 5.83. The second-order valence-corrected chi connectivity index (χ2v) is 20.4. The number of hydrogen-bond acceptors (Lipinski definition) is 5. The van der Waals surface area contributed by atoms with Gasteiger partial charge in [0, 0.05) is 28.8 Å². The number of fused-ring (bicyclic) bond motifs is 7. The SMILES string of the molecule is CN1C(C2=CCCC=C2)NC(C2=CC=CCC2)NC1c1cc(C2=CC(C3C=CC=CC3)CC(C3=CCCC=C3)=C2)ccc1-c1cccc2c1C1C(C=CC3C1c1ccccc1N3c1ccccc1)O2. The number of nitrogens with one attached hydrogen (secondary N) is 2. The number of nitrogens with zero attached hydrogens (tertiary/aromatic N) is 2. The predicted octanol–water partition coefficient (Wildman–Crippen LogP) is 14.1. The minimum Gasteiger partial charge on any atom is -0.485 e. The van der Waals surface area contributed by atoms with Gasteiger partial charge in [-0.2, -0.15) is 0 Å². The van der Waals surface area contributed by atoms with Gasteiger partial charge in [-0.15, -0.1) is 0 Å². The van der Waals surface area contributed by atoms with E-state index in [0.29, 0.717) is 11.8 Å². The number of ether oxygens (including phenoxy) is 1. The molecule has 4 aromatic rings. The molecule has 6 aliphatic carbocycles. The van der Waals surface area contributed by atoms with Crippen molar-refractivity contribution in [1.29, 1.82) is 0 Å². The molecule has 13 rings (SSSR count). The van der Waals surface area contributed by atoms with Crippen LogP contribution in [0.4, 0.5) is 11.4 Å². The molecule has 0 radical (unpaired) electrons. The number of likely N-dealkylation sites (N-methyl/N-ethyl adjacent to an activating group) is 1. The van der Waals surface area contributed by atoms with Crippen molar-refractivity contribution in [3.05, 3.63) is 239 Å². The lowest BCUT2D eigenvalue weighted by Gasteiger charge is -2.47. The molecule has 0 bridgehead atoms. The van der Waals surface area contributed by atoms with E-state index in [1.165, 1.54) is 72.6 Å². The van der Waals surface area contributed by atoms with Gasteiger partial charge in [0.1, 0.15) is 11.9 Å². The summed E-state index contributed by atoms with van der Waals surface area (Å²) in [5.41, 5.74) is 17.3. The van der Waals surface area contributed by atoms with Gasteiger partial charge in [-0.1, -0.05) is 158 Å². The first-order valence-corrected chi connectivity index (χ1v) is 25.8. The van der Waals surface area contributed by atoms with Crippen molar-refractivity contribution in [1.82, 2.24) is 15.5 Å². The first kappa shape index (κ1) is 42.6. The molecular formula is C64H62N4O. The fraction of sp³-hybridized carbons (Fsp3) is 0.281. The summed E-state index contributed by atoms with van der Waals surface area (Å²) in [5, 5.41) is 8.37. The normalized spacial score (nSPS) is 29.8.